The first kappa shape index (κ1) is 15.3. The second-order valence-corrected chi connectivity index (χ2v) is 6.93. The number of fused-ring (bicyclic) bond motifs is 2. The predicted molar refractivity (Wildman–Crippen MR) is 84.0 cm³/mol. The summed E-state index contributed by atoms with van der Waals surface area (Å²) < 4.78 is 0. The maximum Gasteiger partial charge on any atom is 0.270 e. The summed E-state index contributed by atoms with van der Waals surface area (Å²) in [4.78, 5) is 22.5. The lowest BCUT2D eigenvalue weighted by atomic mass is 9.84. The highest BCUT2D eigenvalue weighted by molar-refractivity contribution is 6.34. The zero-order chi connectivity index (χ0) is 15.9. The quantitative estimate of drug-likeness (QED) is 0.677. The highest BCUT2D eigenvalue weighted by atomic mass is 35.5. The van der Waals surface area contributed by atoms with Gasteiger partial charge in [-0.2, -0.15) is 0 Å². The average Bonchev–Trinajstić information content (AvgIpc) is 3.09. The minimum atomic E-state index is -0.522. The Kier molecular flexibility index (Phi) is 4.08. The molecule has 5 nitrogen and oxygen atoms in total. The summed E-state index contributed by atoms with van der Waals surface area (Å²) >= 11 is 6.01. The molecule has 0 spiro atoms. The second kappa shape index (κ2) is 5.88. The summed E-state index contributed by atoms with van der Waals surface area (Å²) in [5.74, 6) is 1.85. The van der Waals surface area contributed by atoms with Gasteiger partial charge in [0.15, 0.2) is 0 Å². The van der Waals surface area contributed by atoms with Crippen molar-refractivity contribution in [2.45, 2.75) is 38.6 Å². The Bertz CT molecular complexity index is 619. The molecule has 3 rings (SSSR count). The number of hydrogen-bond donors (Lipinski definition) is 1. The topological polar surface area (TPSA) is 72.2 Å². The molecule has 2 saturated carbocycles. The van der Waals surface area contributed by atoms with Crippen LogP contribution in [-0.2, 0) is 0 Å². The van der Waals surface area contributed by atoms with Gasteiger partial charge >= 0.3 is 0 Å². The van der Waals surface area contributed by atoms with Crippen LogP contribution in [0.15, 0.2) is 18.2 Å². The van der Waals surface area contributed by atoms with Crippen LogP contribution in [0, 0.1) is 27.9 Å². The van der Waals surface area contributed by atoms with Crippen molar-refractivity contribution in [2.24, 2.45) is 17.8 Å². The van der Waals surface area contributed by atoms with E-state index in [4.69, 9.17) is 11.6 Å². The SMILES string of the molecule is C[C@H](NC(=O)c1ccc([N+](=O)[O-])cc1Cl)[C@@H]1C[C@H]2CC[C@H]1C2. The van der Waals surface area contributed by atoms with Crippen molar-refractivity contribution in [1.29, 1.82) is 0 Å². The fourth-order valence-electron chi connectivity index (χ4n) is 4.10. The van der Waals surface area contributed by atoms with Crippen molar-refractivity contribution in [1.82, 2.24) is 5.32 Å². The van der Waals surface area contributed by atoms with E-state index >= 15 is 0 Å². The molecule has 4 atom stereocenters. The van der Waals surface area contributed by atoms with Gasteiger partial charge in [0.2, 0.25) is 0 Å². The first-order valence-electron chi connectivity index (χ1n) is 7.70. The number of nitro benzene ring substituents is 1. The van der Waals surface area contributed by atoms with Crippen molar-refractivity contribution in [2.75, 3.05) is 0 Å². The third-order valence-corrected chi connectivity index (χ3v) is 5.51. The number of amides is 1. The zero-order valence-corrected chi connectivity index (χ0v) is 13.2. The molecular formula is C16H19ClN2O3. The predicted octanol–water partition coefficient (Wildman–Crippen LogP) is 3.80. The Morgan fingerprint density at radius 1 is 1.41 bits per heavy atom. The standard InChI is InChI=1S/C16H19ClN2O3/c1-9(14-7-10-2-3-11(14)6-10)18-16(20)13-5-4-12(19(21)22)8-15(13)17/h4-5,8-11,14H,2-3,6-7H2,1H3,(H,18,20)/t9-,10-,11-,14-/m0/s1. The molecule has 2 aliphatic rings. The molecule has 6 heteroatoms. The van der Waals surface area contributed by atoms with Gasteiger partial charge in [0.1, 0.15) is 0 Å². The zero-order valence-electron chi connectivity index (χ0n) is 12.4. The van der Waals surface area contributed by atoms with E-state index in [0.29, 0.717) is 11.5 Å². The number of rotatable bonds is 4. The van der Waals surface area contributed by atoms with Crippen LogP contribution in [0.3, 0.4) is 0 Å². The Morgan fingerprint density at radius 2 is 2.18 bits per heavy atom. The maximum absolute atomic E-state index is 12.4. The fourth-order valence-corrected chi connectivity index (χ4v) is 4.36. The third-order valence-electron chi connectivity index (χ3n) is 5.20. The van der Waals surface area contributed by atoms with Crippen molar-refractivity contribution >= 4 is 23.2 Å². The molecule has 1 amide bonds. The van der Waals surface area contributed by atoms with Crippen LogP contribution in [0.1, 0.15) is 43.0 Å². The van der Waals surface area contributed by atoms with E-state index in [2.05, 4.69) is 5.32 Å². The van der Waals surface area contributed by atoms with Crippen LogP contribution < -0.4 is 5.32 Å². The molecule has 22 heavy (non-hydrogen) atoms. The molecule has 2 bridgehead atoms. The normalized spacial score (nSPS) is 27.6. The lowest BCUT2D eigenvalue weighted by Gasteiger charge is -2.28. The van der Waals surface area contributed by atoms with E-state index in [-0.39, 0.29) is 22.7 Å². The highest BCUT2D eigenvalue weighted by Gasteiger charge is 2.42. The van der Waals surface area contributed by atoms with Gasteiger partial charge in [-0.1, -0.05) is 18.0 Å². The van der Waals surface area contributed by atoms with Crippen LogP contribution in [-0.4, -0.2) is 16.9 Å². The third kappa shape index (κ3) is 2.82. The number of nitrogens with one attached hydrogen (secondary N) is 1. The molecule has 0 aliphatic heterocycles. The number of nitrogens with zero attached hydrogens (tertiary/aromatic N) is 1. The van der Waals surface area contributed by atoms with Crippen LogP contribution >= 0.6 is 11.6 Å². The molecule has 1 aromatic rings. The molecule has 0 radical (unpaired) electrons. The van der Waals surface area contributed by atoms with E-state index in [1.165, 1.54) is 43.9 Å². The lowest BCUT2D eigenvalue weighted by molar-refractivity contribution is -0.384. The smallest absolute Gasteiger partial charge is 0.270 e. The van der Waals surface area contributed by atoms with Crippen LogP contribution in [0.4, 0.5) is 5.69 Å². The summed E-state index contributed by atoms with van der Waals surface area (Å²) in [7, 11) is 0. The van der Waals surface area contributed by atoms with E-state index in [9.17, 15) is 14.9 Å². The van der Waals surface area contributed by atoms with Gasteiger partial charge in [-0.15, -0.1) is 0 Å². The molecule has 0 heterocycles. The fraction of sp³-hybridized carbons (Fsp3) is 0.562. The lowest BCUT2D eigenvalue weighted by Crippen LogP contribution is -2.40. The first-order chi connectivity index (χ1) is 10.5. The molecule has 2 fully saturated rings. The molecule has 1 N–H and O–H groups in total. The Morgan fingerprint density at radius 3 is 2.73 bits per heavy atom. The minimum absolute atomic E-state index is 0.106. The van der Waals surface area contributed by atoms with Gasteiger partial charge in [-0.3, -0.25) is 14.9 Å². The number of carbonyl (C=O) groups is 1. The number of non-ortho nitro benzene ring substituents is 1. The average molecular weight is 323 g/mol. The van der Waals surface area contributed by atoms with Gasteiger partial charge in [-0.05, 0) is 50.0 Å². The Balaban J connectivity index is 1.68. The first-order valence-corrected chi connectivity index (χ1v) is 8.08. The van der Waals surface area contributed by atoms with Gasteiger partial charge in [0.05, 0.1) is 15.5 Å². The van der Waals surface area contributed by atoms with Crippen LogP contribution in [0.25, 0.3) is 0 Å². The van der Waals surface area contributed by atoms with E-state index in [1.807, 2.05) is 6.92 Å². The van der Waals surface area contributed by atoms with E-state index in [0.717, 1.165) is 11.8 Å². The number of hydrogen-bond acceptors (Lipinski definition) is 3. The van der Waals surface area contributed by atoms with Crippen molar-refractivity contribution < 1.29 is 9.72 Å². The van der Waals surface area contributed by atoms with Crippen LogP contribution in [0.5, 0.6) is 0 Å². The maximum atomic E-state index is 12.4. The summed E-state index contributed by atoms with van der Waals surface area (Å²) in [6.45, 7) is 2.04. The van der Waals surface area contributed by atoms with Crippen molar-refractivity contribution in [3.8, 4) is 0 Å². The number of carbonyl (C=O) groups excluding carboxylic acids is 1. The van der Waals surface area contributed by atoms with Crippen molar-refractivity contribution in [3.63, 3.8) is 0 Å². The molecule has 2 aliphatic carbocycles. The summed E-state index contributed by atoms with van der Waals surface area (Å²) in [6, 6.07) is 4.05. The monoisotopic (exact) mass is 322 g/mol. The second-order valence-electron chi connectivity index (χ2n) is 6.52. The Labute approximate surface area is 134 Å². The molecule has 118 valence electrons. The largest absolute Gasteiger partial charge is 0.349 e. The number of halogens is 1. The Hall–Kier alpha value is -1.62. The van der Waals surface area contributed by atoms with Gasteiger partial charge in [0.25, 0.3) is 11.6 Å². The van der Waals surface area contributed by atoms with Gasteiger partial charge in [0, 0.05) is 18.2 Å². The summed E-state index contributed by atoms with van der Waals surface area (Å²) in [5, 5.41) is 13.8. The molecule has 0 aromatic heterocycles. The summed E-state index contributed by atoms with van der Waals surface area (Å²) in [5.41, 5.74) is 0.185. The summed E-state index contributed by atoms with van der Waals surface area (Å²) in [6.07, 6.45) is 5.09. The van der Waals surface area contributed by atoms with Crippen molar-refractivity contribution in [3.05, 3.63) is 38.9 Å². The number of nitro groups is 1. The molecule has 1 aromatic carbocycles. The number of benzene rings is 1. The van der Waals surface area contributed by atoms with Crippen LogP contribution in [0.2, 0.25) is 5.02 Å². The molecule has 0 unspecified atom stereocenters. The van der Waals surface area contributed by atoms with Gasteiger partial charge in [-0.25, -0.2) is 0 Å². The minimum Gasteiger partial charge on any atom is -0.349 e. The molecule has 0 saturated heterocycles. The molecular weight excluding hydrogens is 304 g/mol. The van der Waals surface area contributed by atoms with E-state index < -0.39 is 4.92 Å². The van der Waals surface area contributed by atoms with E-state index in [1.54, 1.807) is 0 Å². The van der Waals surface area contributed by atoms with Gasteiger partial charge < -0.3 is 5.32 Å². The highest BCUT2D eigenvalue weighted by Crippen LogP contribution is 2.49.